The molecule has 1 saturated carbocycles. The SMILES string of the molecule is Cc1c(C(=O)O)cnn1C1CCN(C(=O)c2cccc(NC(=O)C3CC3)c2)CC1. The molecule has 2 fully saturated rings. The molecule has 0 unspecified atom stereocenters. The molecule has 0 atom stereocenters. The number of benzene rings is 1. The van der Waals surface area contributed by atoms with Gasteiger partial charge in [-0.25, -0.2) is 4.79 Å². The van der Waals surface area contributed by atoms with Gasteiger partial charge in [-0.1, -0.05) is 6.07 Å². The first-order valence-corrected chi connectivity index (χ1v) is 9.91. The summed E-state index contributed by atoms with van der Waals surface area (Å²) in [5, 5.41) is 16.3. The molecule has 8 nitrogen and oxygen atoms in total. The van der Waals surface area contributed by atoms with E-state index >= 15 is 0 Å². The second kappa shape index (κ2) is 7.69. The van der Waals surface area contributed by atoms with E-state index in [1.165, 1.54) is 6.20 Å². The fourth-order valence-corrected chi connectivity index (χ4v) is 3.82. The van der Waals surface area contributed by atoms with Gasteiger partial charge in [0, 0.05) is 30.3 Å². The molecule has 4 rings (SSSR count). The van der Waals surface area contributed by atoms with E-state index in [-0.39, 0.29) is 29.3 Å². The molecule has 1 aliphatic carbocycles. The van der Waals surface area contributed by atoms with Crippen LogP contribution in [-0.4, -0.2) is 50.7 Å². The highest BCUT2D eigenvalue weighted by atomic mass is 16.4. The van der Waals surface area contributed by atoms with Crippen LogP contribution in [0.1, 0.15) is 58.1 Å². The number of hydrogen-bond donors (Lipinski definition) is 2. The van der Waals surface area contributed by atoms with Crippen LogP contribution in [0, 0.1) is 12.8 Å². The number of carboxylic acids is 1. The highest BCUT2D eigenvalue weighted by Gasteiger charge is 2.30. The predicted molar refractivity (Wildman–Crippen MR) is 106 cm³/mol. The van der Waals surface area contributed by atoms with Crippen molar-refractivity contribution in [1.82, 2.24) is 14.7 Å². The molecule has 1 saturated heterocycles. The monoisotopic (exact) mass is 396 g/mol. The van der Waals surface area contributed by atoms with Crippen molar-refractivity contribution in [3.8, 4) is 0 Å². The van der Waals surface area contributed by atoms with Crippen molar-refractivity contribution in [2.75, 3.05) is 18.4 Å². The molecule has 2 aliphatic rings. The zero-order chi connectivity index (χ0) is 20.5. The topological polar surface area (TPSA) is 105 Å². The van der Waals surface area contributed by atoms with Crippen molar-refractivity contribution < 1.29 is 19.5 Å². The van der Waals surface area contributed by atoms with Crippen LogP contribution in [0.4, 0.5) is 5.69 Å². The van der Waals surface area contributed by atoms with Crippen LogP contribution < -0.4 is 5.32 Å². The van der Waals surface area contributed by atoms with Gasteiger partial charge in [0.05, 0.1) is 17.9 Å². The summed E-state index contributed by atoms with van der Waals surface area (Å²) in [6.45, 7) is 2.91. The summed E-state index contributed by atoms with van der Waals surface area (Å²) in [5.41, 5.74) is 2.06. The standard InChI is InChI=1S/C21H24N4O4/c1-13-18(21(28)29)12-22-25(13)17-7-9-24(10-8-17)20(27)15-3-2-4-16(11-15)23-19(26)14-5-6-14/h2-4,11-12,14,17H,5-10H2,1H3,(H,23,26)(H,28,29). The maximum absolute atomic E-state index is 12.9. The summed E-state index contributed by atoms with van der Waals surface area (Å²) in [6.07, 6.45) is 4.68. The minimum atomic E-state index is -0.977. The normalized spacial score (nSPS) is 17.2. The van der Waals surface area contributed by atoms with E-state index in [1.807, 2.05) is 0 Å². The number of anilines is 1. The predicted octanol–water partition coefficient (Wildman–Crippen LogP) is 2.72. The second-order valence-electron chi connectivity index (χ2n) is 7.76. The summed E-state index contributed by atoms with van der Waals surface area (Å²) < 4.78 is 1.76. The van der Waals surface area contributed by atoms with Crippen LogP contribution in [0.3, 0.4) is 0 Å². The Balaban J connectivity index is 1.39. The molecule has 2 N–H and O–H groups in total. The Bertz CT molecular complexity index is 955. The largest absolute Gasteiger partial charge is 0.478 e. The van der Waals surface area contributed by atoms with Gasteiger partial charge in [-0.2, -0.15) is 5.10 Å². The Morgan fingerprint density at radius 1 is 1.14 bits per heavy atom. The fraction of sp³-hybridized carbons (Fsp3) is 0.429. The van der Waals surface area contributed by atoms with Crippen molar-refractivity contribution in [3.63, 3.8) is 0 Å². The van der Waals surface area contributed by atoms with Gasteiger partial charge in [0.1, 0.15) is 5.56 Å². The molecular formula is C21H24N4O4. The number of aromatic nitrogens is 2. The van der Waals surface area contributed by atoms with Crippen molar-refractivity contribution in [2.45, 2.75) is 38.6 Å². The lowest BCUT2D eigenvalue weighted by Crippen LogP contribution is -2.39. The molecule has 152 valence electrons. The molecule has 1 aromatic carbocycles. The Hall–Kier alpha value is -3.16. The minimum Gasteiger partial charge on any atom is -0.478 e. The molecule has 2 heterocycles. The molecule has 29 heavy (non-hydrogen) atoms. The van der Waals surface area contributed by atoms with E-state index in [9.17, 15) is 19.5 Å². The third kappa shape index (κ3) is 4.01. The summed E-state index contributed by atoms with van der Waals surface area (Å²) >= 11 is 0. The van der Waals surface area contributed by atoms with E-state index < -0.39 is 5.97 Å². The quantitative estimate of drug-likeness (QED) is 0.809. The van der Waals surface area contributed by atoms with Crippen LogP contribution in [0.15, 0.2) is 30.5 Å². The van der Waals surface area contributed by atoms with Crippen LogP contribution in [0.2, 0.25) is 0 Å². The number of amides is 2. The van der Waals surface area contributed by atoms with Gasteiger partial charge < -0.3 is 15.3 Å². The minimum absolute atomic E-state index is 0.0192. The van der Waals surface area contributed by atoms with Gasteiger partial charge in [0.15, 0.2) is 0 Å². The zero-order valence-corrected chi connectivity index (χ0v) is 16.3. The summed E-state index contributed by atoms with van der Waals surface area (Å²) in [7, 11) is 0. The summed E-state index contributed by atoms with van der Waals surface area (Å²) in [5.74, 6) is -0.907. The first-order chi connectivity index (χ1) is 13.9. The number of carbonyl (C=O) groups is 3. The highest BCUT2D eigenvalue weighted by molar-refractivity contribution is 5.98. The Morgan fingerprint density at radius 3 is 2.48 bits per heavy atom. The van der Waals surface area contributed by atoms with Crippen molar-refractivity contribution >= 4 is 23.5 Å². The fourth-order valence-electron chi connectivity index (χ4n) is 3.82. The van der Waals surface area contributed by atoms with Gasteiger partial charge in [-0.15, -0.1) is 0 Å². The van der Waals surface area contributed by atoms with Crippen LogP contribution >= 0.6 is 0 Å². The highest BCUT2D eigenvalue weighted by Crippen LogP contribution is 2.30. The van der Waals surface area contributed by atoms with E-state index in [4.69, 9.17) is 0 Å². The van der Waals surface area contributed by atoms with Gasteiger partial charge >= 0.3 is 5.97 Å². The smallest absolute Gasteiger partial charge is 0.339 e. The third-order valence-electron chi connectivity index (χ3n) is 5.70. The number of nitrogens with zero attached hydrogens (tertiary/aromatic N) is 3. The molecular weight excluding hydrogens is 372 g/mol. The number of carbonyl (C=O) groups excluding carboxylic acids is 2. The van der Waals surface area contributed by atoms with E-state index in [0.717, 1.165) is 12.8 Å². The van der Waals surface area contributed by atoms with E-state index in [0.29, 0.717) is 42.9 Å². The molecule has 0 spiro atoms. The number of likely N-dealkylation sites (tertiary alicyclic amines) is 1. The molecule has 2 aromatic rings. The zero-order valence-electron chi connectivity index (χ0n) is 16.3. The second-order valence-corrected chi connectivity index (χ2v) is 7.76. The third-order valence-corrected chi connectivity index (χ3v) is 5.70. The maximum atomic E-state index is 12.9. The lowest BCUT2D eigenvalue weighted by molar-refractivity contribution is -0.117. The lowest BCUT2D eigenvalue weighted by atomic mass is 10.0. The molecule has 0 bridgehead atoms. The van der Waals surface area contributed by atoms with Crippen molar-refractivity contribution in [3.05, 3.63) is 47.3 Å². The van der Waals surface area contributed by atoms with Gasteiger partial charge in [-0.3, -0.25) is 14.3 Å². The number of nitrogens with one attached hydrogen (secondary N) is 1. The number of piperidine rings is 1. The average Bonchev–Trinajstić information content (AvgIpc) is 3.50. The maximum Gasteiger partial charge on any atom is 0.339 e. The van der Waals surface area contributed by atoms with Crippen LogP contribution in [0.25, 0.3) is 0 Å². The van der Waals surface area contributed by atoms with Crippen molar-refractivity contribution in [1.29, 1.82) is 0 Å². The summed E-state index contributed by atoms with van der Waals surface area (Å²) in [4.78, 5) is 37.9. The van der Waals surface area contributed by atoms with Gasteiger partial charge in [-0.05, 0) is 50.8 Å². The Morgan fingerprint density at radius 2 is 1.86 bits per heavy atom. The molecule has 8 heteroatoms. The van der Waals surface area contributed by atoms with Crippen LogP contribution in [-0.2, 0) is 4.79 Å². The molecule has 0 radical (unpaired) electrons. The number of carboxylic acid groups (broad SMARTS) is 1. The van der Waals surface area contributed by atoms with E-state index in [2.05, 4.69) is 10.4 Å². The first-order valence-electron chi connectivity index (χ1n) is 9.91. The van der Waals surface area contributed by atoms with Crippen LogP contribution in [0.5, 0.6) is 0 Å². The number of hydrogen-bond acceptors (Lipinski definition) is 4. The lowest BCUT2D eigenvalue weighted by Gasteiger charge is -2.32. The summed E-state index contributed by atoms with van der Waals surface area (Å²) in [6, 6.07) is 7.15. The number of aromatic carboxylic acids is 1. The molecule has 1 aromatic heterocycles. The van der Waals surface area contributed by atoms with Crippen molar-refractivity contribution in [2.24, 2.45) is 5.92 Å². The Kier molecular flexibility index (Phi) is 5.08. The van der Waals surface area contributed by atoms with E-state index in [1.54, 1.807) is 40.8 Å². The molecule has 1 aliphatic heterocycles. The van der Waals surface area contributed by atoms with Gasteiger partial charge in [0.2, 0.25) is 5.91 Å². The number of rotatable bonds is 5. The average molecular weight is 396 g/mol. The Labute approximate surface area is 168 Å². The van der Waals surface area contributed by atoms with Gasteiger partial charge in [0.25, 0.3) is 5.91 Å². The first kappa shape index (κ1) is 19.2. The molecule has 2 amide bonds.